The van der Waals surface area contributed by atoms with E-state index in [2.05, 4.69) is 15.5 Å². The quantitative estimate of drug-likeness (QED) is 0.716. The molecule has 144 valence electrons. The molecule has 2 aromatic rings. The van der Waals surface area contributed by atoms with E-state index < -0.39 is 0 Å². The van der Waals surface area contributed by atoms with Gasteiger partial charge in [0, 0.05) is 50.0 Å². The lowest BCUT2D eigenvalue weighted by Crippen LogP contribution is -2.37. The number of methoxy groups -OCH3 is 2. The first-order valence-corrected chi connectivity index (χ1v) is 8.90. The SMILES string of the molecule is COCCCNC(=O)c1n[nH]c2c1CN(C(=O)c1ccc(OC)cc1)CC2. The van der Waals surface area contributed by atoms with Crippen LogP contribution in [0.5, 0.6) is 5.75 Å². The van der Waals surface area contributed by atoms with Crippen LogP contribution in [0.2, 0.25) is 0 Å². The van der Waals surface area contributed by atoms with Crippen molar-refractivity contribution in [3.05, 3.63) is 46.8 Å². The number of carbonyl (C=O) groups excluding carboxylic acids is 2. The van der Waals surface area contributed by atoms with E-state index in [1.807, 2.05) is 0 Å². The van der Waals surface area contributed by atoms with Gasteiger partial charge in [-0.25, -0.2) is 0 Å². The molecule has 0 saturated heterocycles. The maximum absolute atomic E-state index is 12.8. The summed E-state index contributed by atoms with van der Waals surface area (Å²) in [6.07, 6.45) is 1.37. The van der Waals surface area contributed by atoms with Crippen LogP contribution >= 0.6 is 0 Å². The van der Waals surface area contributed by atoms with Crippen LogP contribution in [0, 0.1) is 0 Å². The number of carbonyl (C=O) groups is 2. The zero-order valence-corrected chi connectivity index (χ0v) is 15.6. The molecule has 0 fully saturated rings. The highest BCUT2D eigenvalue weighted by molar-refractivity contribution is 5.96. The number of amides is 2. The fourth-order valence-electron chi connectivity index (χ4n) is 3.07. The predicted molar refractivity (Wildman–Crippen MR) is 98.9 cm³/mol. The molecule has 0 saturated carbocycles. The normalized spacial score (nSPS) is 13.2. The Labute approximate surface area is 157 Å². The first-order valence-electron chi connectivity index (χ1n) is 8.90. The molecule has 3 rings (SSSR count). The highest BCUT2D eigenvalue weighted by Crippen LogP contribution is 2.22. The van der Waals surface area contributed by atoms with Gasteiger partial charge < -0.3 is 19.7 Å². The van der Waals surface area contributed by atoms with Crippen molar-refractivity contribution >= 4 is 11.8 Å². The third-order valence-electron chi connectivity index (χ3n) is 4.58. The van der Waals surface area contributed by atoms with Crippen LogP contribution < -0.4 is 10.1 Å². The Morgan fingerprint density at radius 1 is 1.26 bits per heavy atom. The van der Waals surface area contributed by atoms with Crippen molar-refractivity contribution in [3.8, 4) is 5.75 Å². The zero-order valence-electron chi connectivity index (χ0n) is 15.6. The number of ether oxygens (including phenoxy) is 2. The number of hydrogen-bond acceptors (Lipinski definition) is 5. The van der Waals surface area contributed by atoms with Crippen LogP contribution in [0.3, 0.4) is 0 Å². The third-order valence-corrected chi connectivity index (χ3v) is 4.58. The Kier molecular flexibility index (Phi) is 6.08. The Balaban J connectivity index is 1.68. The third kappa shape index (κ3) is 4.28. The highest BCUT2D eigenvalue weighted by Gasteiger charge is 2.28. The molecule has 1 aliphatic rings. The van der Waals surface area contributed by atoms with Crippen molar-refractivity contribution in [3.63, 3.8) is 0 Å². The molecule has 8 heteroatoms. The summed E-state index contributed by atoms with van der Waals surface area (Å²) in [6.45, 7) is 2.04. The largest absolute Gasteiger partial charge is 0.497 e. The smallest absolute Gasteiger partial charge is 0.272 e. The lowest BCUT2D eigenvalue weighted by molar-refractivity contribution is 0.0731. The summed E-state index contributed by atoms with van der Waals surface area (Å²) in [6, 6.07) is 7.02. The van der Waals surface area contributed by atoms with Gasteiger partial charge in [0.1, 0.15) is 5.75 Å². The van der Waals surface area contributed by atoms with E-state index in [4.69, 9.17) is 9.47 Å². The van der Waals surface area contributed by atoms with Gasteiger partial charge in [0.2, 0.25) is 0 Å². The second kappa shape index (κ2) is 8.68. The van der Waals surface area contributed by atoms with Gasteiger partial charge in [-0.05, 0) is 30.7 Å². The fourth-order valence-corrected chi connectivity index (χ4v) is 3.07. The summed E-state index contributed by atoms with van der Waals surface area (Å²) < 4.78 is 10.1. The van der Waals surface area contributed by atoms with Crippen LogP contribution in [-0.2, 0) is 17.7 Å². The number of rotatable bonds is 7. The highest BCUT2D eigenvalue weighted by atomic mass is 16.5. The first-order chi connectivity index (χ1) is 13.1. The minimum atomic E-state index is -0.234. The average Bonchev–Trinajstić information content (AvgIpc) is 3.14. The number of fused-ring (bicyclic) bond motifs is 1. The molecule has 0 radical (unpaired) electrons. The molecule has 1 aliphatic heterocycles. The lowest BCUT2D eigenvalue weighted by Gasteiger charge is -2.27. The minimum absolute atomic E-state index is 0.0732. The van der Waals surface area contributed by atoms with E-state index in [1.165, 1.54) is 0 Å². The van der Waals surface area contributed by atoms with Gasteiger partial charge in [-0.1, -0.05) is 0 Å². The zero-order chi connectivity index (χ0) is 19.2. The summed E-state index contributed by atoms with van der Waals surface area (Å²) in [5.74, 6) is 0.396. The molecule has 0 atom stereocenters. The summed E-state index contributed by atoms with van der Waals surface area (Å²) in [5.41, 5.74) is 2.64. The van der Waals surface area contributed by atoms with E-state index in [1.54, 1.807) is 43.4 Å². The van der Waals surface area contributed by atoms with Crippen molar-refractivity contribution in [1.29, 1.82) is 0 Å². The Morgan fingerprint density at radius 2 is 2.04 bits per heavy atom. The molecule has 0 bridgehead atoms. The number of nitrogens with one attached hydrogen (secondary N) is 2. The Hall–Kier alpha value is -2.87. The fraction of sp³-hybridized carbons (Fsp3) is 0.421. The lowest BCUT2D eigenvalue weighted by atomic mass is 10.0. The van der Waals surface area contributed by atoms with Gasteiger partial charge >= 0.3 is 0 Å². The van der Waals surface area contributed by atoms with Crippen molar-refractivity contribution < 1.29 is 19.1 Å². The summed E-state index contributed by atoms with van der Waals surface area (Å²) >= 11 is 0. The van der Waals surface area contributed by atoms with Gasteiger partial charge in [-0.3, -0.25) is 14.7 Å². The summed E-state index contributed by atoms with van der Waals surface area (Å²) in [4.78, 5) is 26.9. The molecule has 0 unspecified atom stereocenters. The molecule has 2 N–H and O–H groups in total. The van der Waals surface area contributed by atoms with Crippen LogP contribution in [0.25, 0.3) is 0 Å². The maximum atomic E-state index is 12.8. The minimum Gasteiger partial charge on any atom is -0.497 e. The molecular formula is C19H24N4O4. The van der Waals surface area contributed by atoms with Crippen molar-refractivity contribution in [2.24, 2.45) is 0 Å². The topological polar surface area (TPSA) is 96.5 Å². The first kappa shape index (κ1) is 18.9. The molecule has 0 spiro atoms. The van der Waals surface area contributed by atoms with Crippen molar-refractivity contribution in [1.82, 2.24) is 20.4 Å². The van der Waals surface area contributed by atoms with Gasteiger partial charge in [0.15, 0.2) is 5.69 Å². The molecule has 1 aromatic carbocycles. The van der Waals surface area contributed by atoms with Gasteiger partial charge in [-0.2, -0.15) is 5.10 Å². The van der Waals surface area contributed by atoms with Crippen LogP contribution in [0.15, 0.2) is 24.3 Å². The van der Waals surface area contributed by atoms with E-state index in [-0.39, 0.29) is 11.8 Å². The van der Waals surface area contributed by atoms with E-state index in [0.717, 1.165) is 17.7 Å². The molecule has 0 aliphatic carbocycles. The van der Waals surface area contributed by atoms with E-state index >= 15 is 0 Å². The second-order valence-corrected chi connectivity index (χ2v) is 6.34. The Morgan fingerprint density at radius 3 is 2.74 bits per heavy atom. The molecule has 2 amide bonds. The number of aromatic nitrogens is 2. The summed E-state index contributed by atoms with van der Waals surface area (Å²) in [5, 5.41) is 9.94. The monoisotopic (exact) mass is 372 g/mol. The van der Waals surface area contributed by atoms with Crippen LogP contribution in [-0.4, -0.2) is 60.8 Å². The summed E-state index contributed by atoms with van der Waals surface area (Å²) in [7, 11) is 3.21. The van der Waals surface area contributed by atoms with Crippen molar-refractivity contribution in [2.75, 3.05) is 33.9 Å². The number of benzene rings is 1. The van der Waals surface area contributed by atoms with Gasteiger partial charge in [0.05, 0.1) is 13.7 Å². The second-order valence-electron chi connectivity index (χ2n) is 6.34. The number of H-pyrrole nitrogens is 1. The molecular weight excluding hydrogens is 348 g/mol. The van der Waals surface area contributed by atoms with Crippen molar-refractivity contribution in [2.45, 2.75) is 19.4 Å². The molecule has 8 nitrogen and oxygen atoms in total. The van der Waals surface area contributed by atoms with Gasteiger partial charge in [0.25, 0.3) is 11.8 Å². The molecule has 2 heterocycles. The number of aromatic amines is 1. The predicted octanol–water partition coefficient (Wildman–Crippen LogP) is 1.38. The molecule has 27 heavy (non-hydrogen) atoms. The van der Waals surface area contributed by atoms with E-state index in [9.17, 15) is 9.59 Å². The Bertz CT molecular complexity index is 801. The maximum Gasteiger partial charge on any atom is 0.272 e. The van der Waals surface area contributed by atoms with Crippen LogP contribution in [0.1, 0.15) is 38.5 Å². The standard InChI is InChI=1S/C19H24N4O4/c1-26-11-3-9-20-18(24)17-15-12-23(10-8-16(15)21-22-17)19(25)13-4-6-14(27-2)7-5-13/h4-7H,3,8-12H2,1-2H3,(H,20,24)(H,21,22). The van der Waals surface area contributed by atoms with Gasteiger partial charge in [-0.15, -0.1) is 0 Å². The number of nitrogens with zero attached hydrogens (tertiary/aromatic N) is 2. The average molecular weight is 372 g/mol. The number of hydrogen-bond donors (Lipinski definition) is 2. The van der Waals surface area contributed by atoms with Crippen LogP contribution in [0.4, 0.5) is 0 Å². The molecule has 1 aromatic heterocycles. The van der Waals surface area contributed by atoms with E-state index in [0.29, 0.717) is 49.7 Å².